The normalized spacial score (nSPS) is 16.6. The van der Waals surface area contributed by atoms with E-state index in [0.717, 1.165) is 17.1 Å². The lowest BCUT2D eigenvalue weighted by atomic mass is 9.74. The van der Waals surface area contributed by atoms with Gasteiger partial charge in [0.2, 0.25) is 0 Å². The van der Waals surface area contributed by atoms with E-state index in [4.69, 9.17) is 4.74 Å². The SMILES string of the molecule is CC1(c2ccccc2)c2ccccc2-c2ccc(-c3ccc4c5c(cccc35)-c3ccccc3O4)cc21. The molecule has 1 heteroatoms. The van der Waals surface area contributed by atoms with E-state index in [1.807, 2.05) is 12.1 Å². The van der Waals surface area contributed by atoms with Crippen LogP contribution in [0.3, 0.4) is 0 Å². The zero-order valence-corrected chi connectivity index (χ0v) is 20.5. The Bertz CT molecular complexity index is 1860. The highest BCUT2D eigenvalue weighted by atomic mass is 16.5. The van der Waals surface area contributed by atoms with Gasteiger partial charge in [0.15, 0.2) is 0 Å². The Labute approximate surface area is 216 Å². The molecule has 1 heterocycles. The van der Waals surface area contributed by atoms with Crippen LogP contribution in [0.2, 0.25) is 0 Å². The molecule has 0 N–H and O–H groups in total. The largest absolute Gasteiger partial charge is 0.456 e. The molecule has 0 saturated heterocycles. The molecule has 1 unspecified atom stereocenters. The van der Waals surface area contributed by atoms with E-state index in [9.17, 15) is 0 Å². The van der Waals surface area contributed by atoms with E-state index in [-0.39, 0.29) is 5.41 Å². The van der Waals surface area contributed by atoms with Crippen LogP contribution in [0.4, 0.5) is 0 Å². The van der Waals surface area contributed by atoms with Gasteiger partial charge in [0.25, 0.3) is 0 Å². The summed E-state index contributed by atoms with van der Waals surface area (Å²) >= 11 is 0. The number of fused-ring (bicyclic) bond motifs is 5. The van der Waals surface area contributed by atoms with Crippen molar-refractivity contribution in [1.82, 2.24) is 0 Å². The summed E-state index contributed by atoms with van der Waals surface area (Å²) in [7, 11) is 0. The first-order chi connectivity index (χ1) is 18.2. The molecule has 174 valence electrons. The van der Waals surface area contributed by atoms with Crippen molar-refractivity contribution in [2.75, 3.05) is 0 Å². The molecule has 1 atom stereocenters. The van der Waals surface area contributed by atoms with Crippen molar-refractivity contribution in [2.24, 2.45) is 0 Å². The fourth-order valence-electron chi connectivity index (χ4n) is 6.57. The van der Waals surface area contributed by atoms with Crippen molar-refractivity contribution in [1.29, 1.82) is 0 Å². The summed E-state index contributed by atoms with van der Waals surface area (Å²) in [5.74, 6) is 1.85. The van der Waals surface area contributed by atoms with Gasteiger partial charge in [-0.25, -0.2) is 0 Å². The van der Waals surface area contributed by atoms with E-state index >= 15 is 0 Å². The predicted molar refractivity (Wildman–Crippen MR) is 152 cm³/mol. The molecule has 8 rings (SSSR count). The molecule has 6 aromatic rings. The van der Waals surface area contributed by atoms with Crippen LogP contribution < -0.4 is 4.74 Å². The minimum Gasteiger partial charge on any atom is -0.456 e. The van der Waals surface area contributed by atoms with E-state index in [1.165, 1.54) is 55.3 Å². The first kappa shape index (κ1) is 20.6. The number of ether oxygens (including phenoxy) is 1. The molecule has 1 aliphatic carbocycles. The Hall–Kier alpha value is -4.62. The smallest absolute Gasteiger partial charge is 0.135 e. The molecule has 0 spiro atoms. The number of hydrogen-bond donors (Lipinski definition) is 0. The van der Waals surface area contributed by atoms with E-state index < -0.39 is 0 Å². The Morgan fingerprint density at radius 1 is 0.486 bits per heavy atom. The number of para-hydroxylation sites is 1. The summed E-state index contributed by atoms with van der Waals surface area (Å²) < 4.78 is 6.35. The molecule has 37 heavy (non-hydrogen) atoms. The predicted octanol–water partition coefficient (Wildman–Crippen LogP) is 9.61. The van der Waals surface area contributed by atoms with Crippen LogP contribution in [0.25, 0.3) is 44.2 Å². The van der Waals surface area contributed by atoms with Crippen molar-refractivity contribution < 1.29 is 4.74 Å². The average molecular weight is 473 g/mol. The van der Waals surface area contributed by atoms with Gasteiger partial charge in [0.05, 0.1) is 0 Å². The zero-order valence-electron chi connectivity index (χ0n) is 20.5. The van der Waals surface area contributed by atoms with Crippen LogP contribution in [-0.2, 0) is 5.41 Å². The third-order valence-corrected chi connectivity index (χ3v) is 8.38. The summed E-state index contributed by atoms with van der Waals surface area (Å²) in [6.07, 6.45) is 0. The Balaban J connectivity index is 1.38. The molecule has 1 nitrogen and oxygen atoms in total. The maximum absolute atomic E-state index is 6.35. The number of benzene rings is 6. The van der Waals surface area contributed by atoms with Gasteiger partial charge in [-0.1, -0.05) is 109 Å². The van der Waals surface area contributed by atoms with Gasteiger partial charge in [-0.15, -0.1) is 0 Å². The zero-order chi connectivity index (χ0) is 24.6. The minimum absolute atomic E-state index is 0.211. The van der Waals surface area contributed by atoms with Gasteiger partial charge in [-0.2, -0.15) is 0 Å². The summed E-state index contributed by atoms with van der Waals surface area (Å²) in [5.41, 5.74) is 11.3. The fourth-order valence-corrected chi connectivity index (χ4v) is 6.57. The van der Waals surface area contributed by atoms with Crippen molar-refractivity contribution in [2.45, 2.75) is 12.3 Å². The summed E-state index contributed by atoms with van der Waals surface area (Å²) in [5, 5.41) is 2.41. The molecule has 2 aliphatic rings. The fraction of sp³-hybridized carbons (Fsp3) is 0.0556. The van der Waals surface area contributed by atoms with E-state index in [1.54, 1.807) is 0 Å². The molecule has 0 radical (unpaired) electrons. The quantitative estimate of drug-likeness (QED) is 0.243. The highest BCUT2D eigenvalue weighted by Gasteiger charge is 2.40. The summed E-state index contributed by atoms with van der Waals surface area (Å²) in [4.78, 5) is 0. The molecular formula is C36H24O. The van der Waals surface area contributed by atoms with E-state index in [0.29, 0.717) is 0 Å². The Morgan fingerprint density at radius 3 is 2.08 bits per heavy atom. The second-order valence-electron chi connectivity index (χ2n) is 10.2. The van der Waals surface area contributed by atoms with Gasteiger partial charge in [0, 0.05) is 16.4 Å². The summed E-state index contributed by atoms with van der Waals surface area (Å²) in [6.45, 7) is 2.37. The highest BCUT2D eigenvalue weighted by molar-refractivity contribution is 6.10. The van der Waals surface area contributed by atoms with Crippen LogP contribution in [-0.4, -0.2) is 0 Å². The lowest BCUT2D eigenvalue weighted by Gasteiger charge is -2.29. The maximum Gasteiger partial charge on any atom is 0.135 e. The Kier molecular flexibility index (Phi) is 4.14. The lowest BCUT2D eigenvalue weighted by Crippen LogP contribution is -2.22. The van der Waals surface area contributed by atoms with Gasteiger partial charge in [-0.3, -0.25) is 0 Å². The average Bonchev–Trinajstić information content (AvgIpc) is 3.23. The van der Waals surface area contributed by atoms with Crippen LogP contribution in [0.5, 0.6) is 11.5 Å². The first-order valence-corrected chi connectivity index (χ1v) is 12.9. The van der Waals surface area contributed by atoms with E-state index in [2.05, 4.69) is 122 Å². The summed E-state index contributed by atoms with van der Waals surface area (Å²) in [6, 6.07) is 46.1. The molecule has 0 bridgehead atoms. The first-order valence-electron chi connectivity index (χ1n) is 12.9. The van der Waals surface area contributed by atoms with Crippen molar-refractivity contribution >= 4 is 10.8 Å². The Morgan fingerprint density at radius 2 is 1.19 bits per heavy atom. The van der Waals surface area contributed by atoms with Crippen molar-refractivity contribution in [3.05, 3.63) is 144 Å². The highest BCUT2D eigenvalue weighted by Crippen LogP contribution is 2.54. The van der Waals surface area contributed by atoms with Crippen molar-refractivity contribution in [3.8, 4) is 44.9 Å². The van der Waals surface area contributed by atoms with Gasteiger partial charge in [-0.05, 0) is 75.0 Å². The minimum atomic E-state index is -0.211. The molecule has 0 aromatic heterocycles. The molecular weight excluding hydrogens is 448 g/mol. The number of hydrogen-bond acceptors (Lipinski definition) is 1. The van der Waals surface area contributed by atoms with Gasteiger partial charge in [0.1, 0.15) is 11.5 Å². The second-order valence-corrected chi connectivity index (χ2v) is 10.2. The van der Waals surface area contributed by atoms with Crippen LogP contribution >= 0.6 is 0 Å². The topological polar surface area (TPSA) is 9.23 Å². The monoisotopic (exact) mass is 472 g/mol. The number of rotatable bonds is 2. The van der Waals surface area contributed by atoms with Crippen LogP contribution in [0, 0.1) is 0 Å². The lowest BCUT2D eigenvalue weighted by molar-refractivity contribution is 0.487. The molecule has 6 aromatic carbocycles. The van der Waals surface area contributed by atoms with Crippen LogP contribution in [0.1, 0.15) is 23.6 Å². The maximum atomic E-state index is 6.35. The van der Waals surface area contributed by atoms with Crippen LogP contribution in [0.15, 0.2) is 127 Å². The molecule has 0 amide bonds. The third kappa shape index (κ3) is 2.74. The van der Waals surface area contributed by atoms with Crippen molar-refractivity contribution in [3.63, 3.8) is 0 Å². The van der Waals surface area contributed by atoms with Gasteiger partial charge < -0.3 is 4.74 Å². The molecule has 0 saturated carbocycles. The standard InChI is InChI=1S/C36H24O/c1-36(24-10-3-2-4-11-24)31-16-7-5-12-26(31)27-19-18-23(22-32(27)36)25-20-21-34-35-29(25)14-9-15-30(35)28-13-6-8-17-33(28)37-34/h2-22H,1H3. The second kappa shape index (κ2) is 7.44. The van der Waals surface area contributed by atoms with Gasteiger partial charge >= 0.3 is 0 Å². The molecule has 1 aliphatic heterocycles. The third-order valence-electron chi connectivity index (χ3n) is 8.38. The molecule has 0 fully saturated rings.